The number of azo groups is 1. The quantitative estimate of drug-likeness (QED) is 0.590. The molecule has 0 atom stereocenters. The van der Waals surface area contributed by atoms with E-state index in [1.807, 2.05) is 6.08 Å². The van der Waals surface area contributed by atoms with Crippen molar-refractivity contribution < 1.29 is 5.21 Å². The molecule has 2 rings (SSSR count). The second-order valence-electron chi connectivity index (χ2n) is 2.35. The first-order chi connectivity index (χ1) is 5.88. The summed E-state index contributed by atoms with van der Waals surface area (Å²) in [5.41, 5.74) is 1.30. The van der Waals surface area contributed by atoms with Gasteiger partial charge >= 0.3 is 0 Å². The van der Waals surface area contributed by atoms with Crippen LogP contribution < -0.4 is 0 Å². The first-order valence-corrected chi connectivity index (χ1v) is 3.52. The van der Waals surface area contributed by atoms with E-state index >= 15 is 0 Å². The number of rotatable bonds is 0. The third kappa shape index (κ3) is 1.08. The Balaban J connectivity index is 2.40. The molecule has 0 aliphatic carbocycles. The van der Waals surface area contributed by atoms with E-state index in [0.29, 0.717) is 11.4 Å². The van der Waals surface area contributed by atoms with Gasteiger partial charge in [0.25, 0.3) is 0 Å². The Morgan fingerprint density at radius 2 is 2.17 bits per heavy atom. The van der Waals surface area contributed by atoms with Crippen LogP contribution in [-0.4, -0.2) is 10.3 Å². The van der Waals surface area contributed by atoms with Gasteiger partial charge in [-0.25, -0.2) is 5.06 Å². The van der Waals surface area contributed by atoms with Crippen molar-refractivity contribution >= 4 is 0 Å². The molecule has 0 saturated heterocycles. The molecule has 0 aromatic rings. The lowest BCUT2D eigenvalue weighted by molar-refractivity contribution is -0.00117. The maximum absolute atomic E-state index is 9.33. The van der Waals surface area contributed by atoms with Gasteiger partial charge in [-0.3, -0.25) is 5.21 Å². The van der Waals surface area contributed by atoms with Crippen LogP contribution in [0.3, 0.4) is 0 Å². The van der Waals surface area contributed by atoms with Gasteiger partial charge in [-0.2, -0.15) is 5.11 Å². The molecule has 12 heavy (non-hydrogen) atoms. The second-order valence-corrected chi connectivity index (χ2v) is 2.35. The summed E-state index contributed by atoms with van der Waals surface area (Å²) >= 11 is 0. The summed E-state index contributed by atoms with van der Waals surface area (Å²) in [6.45, 7) is 0. The van der Waals surface area contributed by atoms with Gasteiger partial charge in [0, 0.05) is 6.20 Å². The molecule has 0 bridgehead atoms. The lowest BCUT2D eigenvalue weighted by Crippen LogP contribution is -2.12. The summed E-state index contributed by atoms with van der Waals surface area (Å²) in [4.78, 5) is 0. The maximum Gasteiger partial charge on any atom is 0.113 e. The molecule has 0 saturated carbocycles. The fourth-order valence-corrected chi connectivity index (χ4v) is 1.01. The van der Waals surface area contributed by atoms with Gasteiger partial charge in [0.1, 0.15) is 5.70 Å². The molecule has 0 aromatic carbocycles. The molecular weight excluding hydrogens is 154 g/mol. The average Bonchev–Trinajstić information content (AvgIpc) is 2.57. The van der Waals surface area contributed by atoms with E-state index in [0.717, 1.165) is 5.06 Å². The predicted molar refractivity (Wildman–Crippen MR) is 42.9 cm³/mol. The van der Waals surface area contributed by atoms with Gasteiger partial charge < -0.3 is 0 Å². The first kappa shape index (κ1) is 7.00. The molecule has 1 N–H and O–H groups in total. The Hall–Kier alpha value is -1.68. The number of nitrogens with zero attached hydrogens (tertiary/aromatic N) is 3. The van der Waals surface area contributed by atoms with Crippen LogP contribution in [0.25, 0.3) is 0 Å². The van der Waals surface area contributed by atoms with Gasteiger partial charge in [0.2, 0.25) is 0 Å². The lowest BCUT2D eigenvalue weighted by atomic mass is 10.2. The summed E-state index contributed by atoms with van der Waals surface area (Å²) in [6, 6.07) is 0. The molecule has 0 aromatic heterocycles. The zero-order valence-corrected chi connectivity index (χ0v) is 6.25. The second kappa shape index (κ2) is 2.75. The van der Waals surface area contributed by atoms with Crippen molar-refractivity contribution in [2.45, 2.75) is 0 Å². The standard InChI is InChI=1S/C8H7N3O/c12-11-6-2-1-3-8(11)7-4-5-9-10-7/h1-6,12H. The summed E-state index contributed by atoms with van der Waals surface area (Å²) < 4.78 is 0. The van der Waals surface area contributed by atoms with Crippen molar-refractivity contribution in [3.8, 4) is 0 Å². The van der Waals surface area contributed by atoms with Crippen LogP contribution in [-0.2, 0) is 0 Å². The van der Waals surface area contributed by atoms with Crippen LogP contribution >= 0.6 is 0 Å². The molecule has 0 amide bonds. The molecule has 4 nitrogen and oxygen atoms in total. The molecule has 2 heterocycles. The van der Waals surface area contributed by atoms with Gasteiger partial charge in [-0.15, -0.1) is 5.11 Å². The van der Waals surface area contributed by atoms with Crippen LogP contribution in [0.5, 0.6) is 0 Å². The zero-order valence-electron chi connectivity index (χ0n) is 6.25. The van der Waals surface area contributed by atoms with E-state index in [1.54, 1.807) is 30.6 Å². The zero-order chi connectivity index (χ0) is 8.39. The molecule has 2 aliphatic heterocycles. The molecule has 4 heteroatoms. The first-order valence-electron chi connectivity index (χ1n) is 3.52. The van der Waals surface area contributed by atoms with E-state index in [4.69, 9.17) is 0 Å². The van der Waals surface area contributed by atoms with Crippen molar-refractivity contribution in [3.63, 3.8) is 0 Å². The third-order valence-corrected chi connectivity index (χ3v) is 1.57. The van der Waals surface area contributed by atoms with Crippen molar-refractivity contribution in [2.75, 3.05) is 0 Å². The third-order valence-electron chi connectivity index (χ3n) is 1.57. The van der Waals surface area contributed by atoms with Gasteiger partial charge in [-0.1, -0.05) is 6.08 Å². The molecule has 0 radical (unpaired) electrons. The van der Waals surface area contributed by atoms with Gasteiger partial charge in [0.05, 0.1) is 11.9 Å². The van der Waals surface area contributed by atoms with Crippen molar-refractivity contribution in [3.05, 3.63) is 48.1 Å². The van der Waals surface area contributed by atoms with Crippen LogP contribution in [0.15, 0.2) is 58.3 Å². The van der Waals surface area contributed by atoms with Gasteiger partial charge in [-0.05, 0) is 18.2 Å². The largest absolute Gasteiger partial charge is 0.284 e. The monoisotopic (exact) mass is 161 g/mol. The number of hydrogen-bond acceptors (Lipinski definition) is 4. The van der Waals surface area contributed by atoms with Crippen LogP contribution in [0, 0.1) is 0 Å². The molecule has 0 spiro atoms. The molecule has 0 unspecified atom stereocenters. The van der Waals surface area contributed by atoms with E-state index in [1.165, 1.54) is 0 Å². The van der Waals surface area contributed by atoms with E-state index in [2.05, 4.69) is 10.2 Å². The number of allylic oxidation sites excluding steroid dienone is 4. The fourth-order valence-electron chi connectivity index (χ4n) is 1.01. The molecule has 2 aliphatic rings. The minimum Gasteiger partial charge on any atom is -0.284 e. The van der Waals surface area contributed by atoms with E-state index in [9.17, 15) is 5.21 Å². The van der Waals surface area contributed by atoms with Crippen LogP contribution in [0.1, 0.15) is 0 Å². The highest BCUT2D eigenvalue weighted by Gasteiger charge is 2.09. The highest BCUT2D eigenvalue weighted by Crippen LogP contribution is 2.19. The summed E-state index contributed by atoms with van der Waals surface area (Å²) in [7, 11) is 0. The highest BCUT2D eigenvalue weighted by atomic mass is 16.5. The van der Waals surface area contributed by atoms with Gasteiger partial charge in [0.15, 0.2) is 0 Å². The normalized spacial score (nSPS) is 25.9. The van der Waals surface area contributed by atoms with Crippen molar-refractivity contribution in [2.24, 2.45) is 10.2 Å². The van der Waals surface area contributed by atoms with Crippen LogP contribution in [0.2, 0.25) is 0 Å². The Morgan fingerprint density at radius 1 is 1.25 bits per heavy atom. The van der Waals surface area contributed by atoms with Crippen molar-refractivity contribution in [1.82, 2.24) is 5.06 Å². The summed E-state index contributed by atoms with van der Waals surface area (Å²) in [6.07, 6.45) is 10.2. The highest BCUT2D eigenvalue weighted by molar-refractivity contribution is 5.36. The lowest BCUT2D eigenvalue weighted by Gasteiger charge is -2.15. The smallest absolute Gasteiger partial charge is 0.113 e. The van der Waals surface area contributed by atoms with Crippen LogP contribution in [0.4, 0.5) is 0 Å². The summed E-state index contributed by atoms with van der Waals surface area (Å²) in [5.74, 6) is 0. The minimum atomic E-state index is 0.634. The molecular formula is C8H7N3O. The Bertz CT molecular complexity index is 322. The molecule has 60 valence electrons. The van der Waals surface area contributed by atoms with E-state index < -0.39 is 0 Å². The number of hydroxylamine groups is 2. The Kier molecular flexibility index (Phi) is 1.60. The number of hydrogen-bond donors (Lipinski definition) is 1. The predicted octanol–water partition coefficient (Wildman–Crippen LogP) is 1.95. The minimum absolute atomic E-state index is 0.634. The Labute approximate surface area is 69.5 Å². The molecule has 0 fully saturated rings. The van der Waals surface area contributed by atoms with E-state index in [-0.39, 0.29) is 0 Å². The SMILES string of the molecule is ON1C=CC=CC1=C1C=CN=N1. The summed E-state index contributed by atoms with van der Waals surface area (Å²) in [5, 5.41) is 17.8. The maximum atomic E-state index is 9.33. The average molecular weight is 161 g/mol. The fraction of sp³-hybridized carbons (Fsp3) is 0. The topological polar surface area (TPSA) is 48.2 Å². The van der Waals surface area contributed by atoms with Crippen molar-refractivity contribution in [1.29, 1.82) is 0 Å². The Morgan fingerprint density at radius 3 is 2.83 bits per heavy atom.